The lowest BCUT2D eigenvalue weighted by Crippen LogP contribution is -2.32. The Morgan fingerprint density at radius 3 is 2.70 bits per heavy atom. The molecule has 1 aliphatic heterocycles. The third-order valence-electron chi connectivity index (χ3n) is 4.79. The van der Waals surface area contributed by atoms with Crippen LogP contribution in [0.15, 0.2) is 66.9 Å². The number of rotatable bonds is 5. The molecule has 0 fully saturated rings. The molecule has 0 radical (unpaired) electrons. The first-order valence-electron chi connectivity index (χ1n) is 9.63. The third kappa shape index (κ3) is 5.09. The van der Waals surface area contributed by atoms with E-state index in [0.717, 1.165) is 24.2 Å². The average molecular weight is 426 g/mol. The summed E-state index contributed by atoms with van der Waals surface area (Å²) in [5.74, 6) is 1.77. The van der Waals surface area contributed by atoms with Crippen LogP contribution >= 0.6 is 12.4 Å². The van der Waals surface area contributed by atoms with Crippen molar-refractivity contribution in [2.45, 2.75) is 31.9 Å². The van der Waals surface area contributed by atoms with E-state index in [1.54, 1.807) is 25.3 Å². The van der Waals surface area contributed by atoms with Gasteiger partial charge in [0, 0.05) is 6.07 Å². The van der Waals surface area contributed by atoms with Crippen LogP contribution in [0.2, 0.25) is 0 Å². The van der Waals surface area contributed by atoms with Crippen molar-refractivity contribution in [2.24, 2.45) is 5.73 Å². The minimum atomic E-state index is -0.579. The molecule has 0 saturated heterocycles. The predicted molar refractivity (Wildman–Crippen MR) is 118 cm³/mol. The maximum Gasteiger partial charge on any atom is 0.241 e. The summed E-state index contributed by atoms with van der Waals surface area (Å²) in [5, 5.41) is 2.69. The Bertz CT molecular complexity index is 994. The molecule has 4 rings (SSSR count). The summed E-state index contributed by atoms with van der Waals surface area (Å²) in [5.41, 5.74) is 8.43. The number of nitrogens with zero attached hydrogens (tertiary/aromatic N) is 1. The lowest BCUT2D eigenvalue weighted by molar-refractivity contribution is -0.117. The van der Waals surface area contributed by atoms with Crippen molar-refractivity contribution >= 4 is 24.0 Å². The van der Waals surface area contributed by atoms with E-state index in [-0.39, 0.29) is 24.4 Å². The van der Waals surface area contributed by atoms with Crippen LogP contribution in [0.25, 0.3) is 0 Å². The lowest BCUT2D eigenvalue weighted by Gasteiger charge is -2.26. The molecule has 6 nitrogen and oxygen atoms in total. The van der Waals surface area contributed by atoms with Crippen LogP contribution in [0.1, 0.15) is 30.6 Å². The van der Waals surface area contributed by atoms with Crippen LogP contribution in [-0.2, 0) is 11.2 Å². The summed E-state index contributed by atoms with van der Waals surface area (Å²) < 4.78 is 12.0. The summed E-state index contributed by atoms with van der Waals surface area (Å²) in [4.78, 5) is 15.9. The van der Waals surface area contributed by atoms with Crippen LogP contribution in [0.3, 0.4) is 0 Å². The van der Waals surface area contributed by atoms with Gasteiger partial charge in [0.05, 0.1) is 17.9 Å². The number of nitrogens with two attached hydrogens (primary N) is 1. The van der Waals surface area contributed by atoms with Gasteiger partial charge in [-0.25, -0.2) is 4.98 Å². The van der Waals surface area contributed by atoms with Crippen molar-refractivity contribution in [3.8, 4) is 17.4 Å². The van der Waals surface area contributed by atoms with Gasteiger partial charge in [-0.2, -0.15) is 0 Å². The molecule has 2 atom stereocenters. The Morgan fingerprint density at radius 2 is 2.00 bits per heavy atom. The molecule has 3 N–H and O–H groups in total. The quantitative estimate of drug-likeness (QED) is 0.621. The number of carbonyl (C=O) groups excluding carboxylic acids is 1. The fourth-order valence-electron chi connectivity index (χ4n) is 3.22. The fourth-order valence-corrected chi connectivity index (χ4v) is 3.22. The topological polar surface area (TPSA) is 86.5 Å². The van der Waals surface area contributed by atoms with Crippen molar-refractivity contribution in [1.29, 1.82) is 0 Å². The number of nitrogens with one attached hydrogen (secondary N) is 1. The van der Waals surface area contributed by atoms with Gasteiger partial charge in [-0.3, -0.25) is 4.79 Å². The molecular formula is C23H24ClN3O3. The van der Waals surface area contributed by atoms with E-state index >= 15 is 0 Å². The Hall–Kier alpha value is -3.09. The van der Waals surface area contributed by atoms with Crippen molar-refractivity contribution in [3.05, 3.63) is 78.0 Å². The highest BCUT2D eigenvalue weighted by Crippen LogP contribution is 2.37. The van der Waals surface area contributed by atoms with Crippen LogP contribution in [-0.4, -0.2) is 16.9 Å². The van der Waals surface area contributed by atoms with Gasteiger partial charge in [0.1, 0.15) is 17.6 Å². The zero-order chi connectivity index (χ0) is 20.2. The highest BCUT2D eigenvalue weighted by atomic mass is 35.5. The number of hydrogen-bond donors (Lipinski definition) is 2. The minimum absolute atomic E-state index is 0. The van der Waals surface area contributed by atoms with Crippen LogP contribution in [0.4, 0.5) is 5.69 Å². The van der Waals surface area contributed by atoms with Gasteiger partial charge in [0.15, 0.2) is 0 Å². The number of benzene rings is 2. The van der Waals surface area contributed by atoms with Crippen molar-refractivity contribution in [3.63, 3.8) is 0 Å². The van der Waals surface area contributed by atoms with Crippen LogP contribution in [0.5, 0.6) is 17.4 Å². The third-order valence-corrected chi connectivity index (χ3v) is 4.79. The number of amides is 1. The molecule has 2 unspecified atom stereocenters. The number of anilines is 1. The lowest BCUT2D eigenvalue weighted by atomic mass is 9.97. The van der Waals surface area contributed by atoms with E-state index < -0.39 is 6.04 Å². The monoisotopic (exact) mass is 425 g/mol. The maximum atomic E-state index is 11.6. The number of fused-ring (bicyclic) bond motifs is 1. The van der Waals surface area contributed by atoms with E-state index in [9.17, 15) is 4.79 Å². The van der Waals surface area contributed by atoms with Crippen molar-refractivity contribution < 1.29 is 14.3 Å². The number of aryl methyl sites for hydroxylation is 1. The van der Waals surface area contributed by atoms with Crippen molar-refractivity contribution in [1.82, 2.24) is 4.98 Å². The molecule has 1 aromatic heterocycles. The Morgan fingerprint density at radius 1 is 1.20 bits per heavy atom. The number of ether oxygens (including phenoxy) is 2. The average Bonchev–Trinajstić information content (AvgIpc) is 2.75. The maximum absolute atomic E-state index is 11.6. The number of hydrogen-bond acceptors (Lipinski definition) is 5. The predicted octanol–water partition coefficient (Wildman–Crippen LogP) is 4.65. The molecule has 0 saturated carbocycles. The van der Waals surface area contributed by atoms with Gasteiger partial charge >= 0.3 is 0 Å². The van der Waals surface area contributed by atoms with Gasteiger partial charge < -0.3 is 20.5 Å². The summed E-state index contributed by atoms with van der Waals surface area (Å²) in [6.45, 7) is 1.63. The zero-order valence-electron chi connectivity index (χ0n) is 16.6. The molecule has 7 heteroatoms. The molecule has 1 aliphatic rings. The number of carbonyl (C=O) groups is 1. The fraction of sp³-hybridized carbons (Fsp3) is 0.217. The van der Waals surface area contributed by atoms with Gasteiger partial charge in [0.2, 0.25) is 11.8 Å². The highest BCUT2D eigenvalue weighted by Gasteiger charge is 2.21. The van der Waals surface area contributed by atoms with E-state index in [1.807, 2.05) is 36.4 Å². The Labute approximate surface area is 181 Å². The second-order valence-corrected chi connectivity index (χ2v) is 7.09. The number of aromatic nitrogens is 1. The van der Waals surface area contributed by atoms with Gasteiger partial charge in [-0.15, -0.1) is 12.4 Å². The molecule has 156 valence electrons. The highest BCUT2D eigenvalue weighted by molar-refractivity contribution is 5.94. The second kappa shape index (κ2) is 9.61. The summed E-state index contributed by atoms with van der Waals surface area (Å²) in [6.07, 6.45) is 3.46. The zero-order valence-corrected chi connectivity index (χ0v) is 17.4. The summed E-state index contributed by atoms with van der Waals surface area (Å²) in [6, 6.07) is 18.9. The first-order valence-corrected chi connectivity index (χ1v) is 9.63. The second-order valence-electron chi connectivity index (χ2n) is 7.09. The Balaban J connectivity index is 0.00000256. The molecule has 0 spiro atoms. The van der Waals surface area contributed by atoms with E-state index in [1.165, 1.54) is 5.56 Å². The largest absolute Gasteiger partial charge is 0.485 e. The molecule has 0 bridgehead atoms. The smallest absolute Gasteiger partial charge is 0.241 e. The Kier molecular flexibility index (Phi) is 6.92. The molecule has 2 heterocycles. The SMILES string of the molecule is CC(N)C(=O)Nc1ccc(Oc2ccc3c(c2)CCC(c2ccccc2)O3)nc1.Cl. The normalized spacial score (nSPS) is 15.7. The summed E-state index contributed by atoms with van der Waals surface area (Å²) >= 11 is 0. The van der Waals surface area contributed by atoms with E-state index in [4.69, 9.17) is 15.2 Å². The first-order chi connectivity index (χ1) is 14.1. The summed E-state index contributed by atoms with van der Waals surface area (Å²) in [7, 11) is 0. The van der Waals surface area contributed by atoms with E-state index in [0.29, 0.717) is 17.3 Å². The van der Waals surface area contributed by atoms with Gasteiger partial charge in [-0.1, -0.05) is 30.3 Å². The molecular weight excluding hydrogens is 402 g/mol. The van der Waals surface area contributed by atoms with Gasteiger partial charge in [0.25, 0.3) is 0 Å². The molecule has 0 aliphatic carbocycles. The first kappa shape index (κ1) is 21.6. The van der Waals surface area contributed by atoms with Crippen LogP contribution in [0, 0.1) is 0 Å². The van der Waals surface area contributed by atoms with Crippen LogP contribution < -0.4 is 20.5 Å². The number of halogens is 1. The molecule has 2 aromatic carbocycles. The standard InChI is InChI=1S/C23H23N3O3.ClH/c1-15(24)23(27)26-18-8-12-22(25-14-18)28-19-9-11-21-17(13-19)7-10-20(29-21)16-5-3-2-4-6-16;/h2-6,8-9,11-15,20H,7,10,24H2,1H3,(H,26,27);1H. The molecule has 3 aromatic rings. The van der Waals surface area contributed by atoms with Crippen molar-refractivity contribution in [2.75, 3.05) is 5.32 Å². The van der Waals surface area contributed by atoms with Gasteiger partial charge in [-0.05, 0) is 55.2 Å². The number of pyridine rings is 1. The molecule has 30 heavy (non-hydrogen) atoms. The molecule has 1 amide bonds. The minimum Gasteiger partial charge on any atom is -0.485 e. The van der Waals surface area contributed by atoms with E-state index in [2.05, 4.69) is 22.4 Å².